The first-order valence-electron chi connectivity index (χ1n) is 6.37. The number of ketones is 1. The number of aliphatic imine (C=N–C) groups is 1. The molecule has 3 rings (SSSR count). The third-order valence-electron chi connectivity index (χ3n) is 3.52. The van der Waals surface area contributed by atoms with Crippen LogP contribution in [0.25, 0.3) is 0 Å². The molecule has 0 atom stereocenters. The molecule has 2 aromatic rings. The van der Waals surface area contributed by atoms with Crippen molar-refractivity contribution in [1.29, 1.82) is 0 Å². The van der Waals surface area contributed by atoms with Gasteiger partial charge in [0.05, 0.1) is 5.69 Å². The molecule has 0 fully saturated rings. The fraction of sp³-hybridized carbons (Fsp3) is 0.176. The average molecular weight is 249 g/mol. The summed E-state index contributed by atoms with van der Waals surface area (Å²) in [6, 6.07) is 15.1. The number of carbonyl (C=O) groups is 1. The zero-order valence-corrected chi connectivity index (χ0v) is 11.1. The fourth-order valence-electron chi connectivity index (χ4n) is 2.36. The normalized spacial score (nSPS) is 15.3. The second kappa shape index (κ2) is 4.16. The van der Waals surface area contributed by atoms with E-state index in [1.54, 1.807) is 0 Å². The van der Waals surface area contributed by atoms with Crippen LogP contribution in [0.1, 0.15) is 35.3 Å². The molecule has 0 N–H and O–H groups in total. The van der Waals surface area contributed by atoms with E-state index in [2.05, 4.69) is 18.8 Å². The van der Waals surface area contributed by atoms with Crippen molar-refractivity contribution in [3.8, 4) is 0 Å². The summed E-state index contributed by atoms with van der Waals surface area (Å²) in [7, 11) is 0. The van der Waals surface area contributed by atoms with Crippen molar-refractivity contribution in [3.05, 3.63) is 65.2 Å². The van der Waals surface area contributed by atoms with Crippen molar-refractivity contribution < 1.29 is 4.79 Å². The lowest BCUT2D eigenvalue weighted by Gasteiger charge is -2.16. The van der Waals surface area contributed by atoms with Gasteiger partial charge in [-0.25, -0.2) is 0 Å². The van der Waals surface area contributed by atoms with Crippen molar-refractivity contribution in [1.82, 2.24) is 0 Å². The van der Waals surface area contributed by atoms with E-state index in [-0.39, 0.29) is 11.2 Å². The van der Waals surface area contributed by atoms with Gasteiger partial charge in [-0.15, -0.1) is 0 Å². The van der Waals surface area contributed by atoms with Gasteiger partial charge in [-0.05, 0) is 23.8 Å². The molecule has 0 aliphatic carbocycles. The number of hydrogen-bond donors (Lipinski definition) is 0. The Kier molecular flexibility index (Phi) is 2.59. The molecule has 0 saturated heterocycles. The predicted octanol–water partition coefficient (Wildman–Crippen LogP) is 3.91. The summed E-state index contributed by atoms with van der Waals surface area (Å²) in [5.41, 5.74) is 3.44. The van der Waals surface area contributed by atoms with Crippen LogP contribution in [-0.4, -0.2) is 12.0 Å². The maximum absolute atomic E-state index is 12.4. The highest BCUT2D eigenvalue weighted by atomic mass is 16.1. The molecule has 2 heteroatoms. The number of nitrogens with zero attached hydrogens (tertiary/aromatic N) is 1. The number of benzene rings is 2. The summed E-state index contributed by atoms with van der Waals surface area (Å²) in [6.07, 6.45) is 1.94. The summed E-state index contributed by atoms with van der Waals surface area (Å²) < 4.78 is 0. The van der Waals surface area contributed by atoms with Crippen LogP contribution in [0.5, 0.6) is 0 Å². The summed E-state index contributed by atoms with van der Waals surface area (Å²) in [5.74, 6) is 0.0612. The molecule has 0 radical (unpaired) electrons. The SMILES string of the molecule is CC1(C)C=Nc2ccc(C(=O)c3ccccc3)cc21. The second-order valence-corrected chi connectivity index (χ2v) is 5.41. The standard InChI is InChI=1S/C17H15NO/c1-17(2)11-18-15-9-8-13(10-14(15)17)16(19)12-6-4-3-5-7-12/h3-11H,1-2H3. The highest BCUT2D eigenvalue weighted by Gasteiger charge is 2.27. The van der Waals surface area contributed by atoms with Crippen LogP contribution in [0.2, 0.25) is 0 Å². The van der Waals surface area contributed by atoms with Gasteiger partial charge >= 0.3 is 0 Å². The van der Waals surface area contributed by atoms with Crippen LogP contribution < -0.4 is 0 Å². The van der Waals surface area contributed by atoms with E-state index in [0.717, 1.165) is 22.4 Å². The number of fused-ring (bicyclic) bond motifs is 1. The van der Waals surface area contributed by atoms with E-state index in [0.29, 0.717) is 0 Å². The zero-order chi connectivity index (χ0) is 13.5. The number of carbonyl (C=O) groups excluding carboxylic acids is 1. The number of rotatable bonds is 2. The topological polar surface area (TPSA) is 29.4 Å². The summed E-state index contributed by atoms with van der Waals surface area (Å²) in [4.78, 5) is 16.8. The van der Waals surface area contributed by atoms with Crippen LogP contribution in [0.3, 0.4) is 0 Å². The van der Waals surface area contributed by atoms with E-state index in [1.807, 2.05) is 54.7 Å². The number of hydrogen-bond acceptors (Lipinski definition) is 2. The van der Waals surface area contributed by atoms with Gasteiger partial charge in [0, 0.05) is 22.8 Å². The van der Waals surface area contributed by atoms with Crippen LogP contribution in [-0.2, 0) is 5.41 Å². The highest BCUT2D eigenvalue weighted by Crippen LogP contribution is 2.37. The molecular weight excluding hydrogens is 234 g/mol. The lowest BCUT2D eigenvalue weighted by Crippen LogP contribution is -2.15. The smallest absolute Gasteiger partial charge is 0.193 e. The van der Waals surface area contributed by atoms with Crippen molar-refractivity contribution in [3.63, 3.8) is 0 Å². The molecule has 0 bridgehead atoms. The Bertz CT molecular complexity index is 669. The van der Waals surface area contributed by atoms with Crippen molar-refractivity contribution in [2.24, 2.45) is 4.99 Å². The summed E-state index contributed by atoms with van der Waals surface area (Å²) in [6.45, 7) is 4.22. The lowest BCUT2D eigenvalue weighted by molar-refractivity contribution is 0.103. The Morgan fingerprint density at radius 1 is 1.00 bits per heavy atom. The van der Waals surface area contributed by atoms with Gasteiger partial charge in [0.15, 0.2) is 5.78 Å². The maximum atomic E-state index is 12.4. The van der Waals surface area contributed by atoms with Gasteiger partial charge in [-0.2, -0.15) is 0 Å². The minimum absolute atomic E-state index is 0.0612. The molecule has 0 aromatic heterocycles. The Hall–Kier alpha value is -2.22. The van der Waals surface area contributed by atoms with Crippen molar-refractivity contribution >= 4 is 17.7 Å². The Labute approximate surface area is 112 Å². The first kappa shape index (κ1) is 11.8. The average Bonchev–Trinajstić information content (AvgIpc) is 2.74. The van der Waals surface area contributed by atoms with Crippen molar-refractivity contribution in [2.75, 3.05) is 0 Å². The largest absolute Gasteiger partial charge is 0.289 e. The van der Waals surface area contributed by atoms with Gasteiger partial charge in [-0.1, -0.05) is 44.2 Å². The molecule has 1 aliphatic heterocycles. The van der Waals surface area contributed by atoms with E-state index >= 15 is 0 Å². The van der Waals surface area contributed by atoms with E-state index in [9.17, 15) is 4.79 Å². The highest BCUT2D eigenvalue weighted by molar-refractivity contribution is 6.09. The summed E-state index contributed by atoms with van der Waals surface area (Å²) >= 11 is 0. The van der Waals surface area contributed by atoms with Crippen LogP contribution in [0.4, 0.5) is 5.69 Å². The quantitative estimate of drug-likeness (QED) is 0.742. The Balaban J connectivity index is 2.03. The Morgan fingerprint density at radius 2 is 1.74 bits per heavy atom. The maximum Gasteiger partial charge on any atom is 0.193 e. The third-order valence-corrected chi connectivity index (χ3v) is 3.52. The monoisotopic (exact) mass is 249 g/mol. The first-order chi connectivity index (χ1) is 9.08. The van der Waals surface area contributed by atoms with Crippen LogP contribution in [0, 0.1) is 0 Å². The molecule has 1 heterocycles. The molecule has 0 unspecified atom stereocenters. The first-order valence-corrected chi connectivity index (χ1v) is 6.37. The minimum Gasteiger partial charge on any atom is -0.289 e. The molecule has 2 nitrogen and oxygen atoms in total. The van der Waals surface area contributed by atoms with Gasteiger partial charge in [0.2, 0.25) is 0 Å². The lowest BCUT2D eigenvalue weighted by atomic mass is 9.85. The molecule has 2 aromatic carbocycles. The summed E-state index contributed by atoms with van der Waals surface area (Å²) in [5, 5.41) is 0. The van der Waals surface area contributed by atoms with E-state index in [1.165, 1.54) is 0 Å². The van der Waals surface area contributed by atoms with Crippen molar-refractivity contribution in [2.45, 2.75) is 19.3 Å². The van der Waals surface area contributed by atoms with E-state index < -0.39 is 0 Å². The second-order valence-electron chi connectivity index (χ2n) is 5.41. The predicted molar refractivity (Wildman–Crippen MR) is 77.5 cm³/mol. The van der Waals surface area contributed by atoms with Crippen LogP contribution >= 0.6 is 0 Å². The molecule has 94 valence electrons. The molecular formula is C17H15NO. The minimum atomic E-state index is -0.0949. The molecule has 0 saturated carbocycles. The van der Waals surface area contributed by atoms with Gasteiger partial charge in [0.25, 0.3) is 0 Å². The fourth-order valence-corrected chi connectivity index (χ4v) is 2.36. The molecule has 0 amide bonds. The Morgan fingerprint density at radius 3 is 2.47 bits per heavy atom. The van der Waals surface area contributed by atoms with E-state index in [4.69, 9.17) is 0 Å². The molecule has 1 aliphatic rings. The zero-order valence-electron chi connectivity index (χ0n) is 11.1. The third kappa shape index (κ3) is 1.99. The van der Waals surface area contributed by atoms with Gasteiger partial charge < -0.3 is 0 Å². The molecule has 0 spiro atoms. The molecule has 19 heavy (non-hydrogen) atoms. The van der Waals surface area contributed by atoms with Crippen LogP contribution in [0.15, 0.2) is 53.5 Å². The van der Waals surface area contributed by atoms with Gasteiger partial charge in [-0.3, -0.25) is 9.79 Å². The van der Waals surface area contributed by atoms with Gasteiger partial charge in [0.1, 0.15) is 0 Å².